The number of aromatic nitrogens is 2. The third kappa shape index (κ3) is 7.10. The standard InChI is InChI=1S/C22H24F7N3O5/c1-18(2,3)35-16(33)32(17(34)36-19(4,5)6)11-12-7-9-13(10-8-12)14-30-15(37-31-14)20(23,24)21(25,26)22(27,28)29/h7-10H,11H2,1-6H3. The van der Waals surface area contributed by atoms with Gasteiger partial charge in [-0.3, -0.25) is 0 Å². The van der Waals surface area contributed by atoms with Gasteiger partial charge in [0.1, 0.15) is 11.2 Å². The molecule has 0 aliphatic heterocycles. The predicted molar refractivity (Wildman–Crippen MR) is 113 cm³/mol. The summed E-state index contributed by atoms with van der Waals surface area (Å²) in [4.78, 5) is 28.8. The molecule has 0 saturated heterocycles. The highest BCUT2D eigenvalue weighted by molar-refractivity contribution is 5.88. The SMILES string of the molecule is CC(C)(C)OC(=O)N(Cc1ccc(-c2noc(C(F)(F)C(F)(F)C(F)(F)F)n2)cc1)C(=O)OC(C)(C)C. The minimum atomic E-state index is -6.57. The first-order valence-corrected chi connectivity index (χ1v) is 10.5. The van der Waals surface area contributed by atoms with E-state index in [1.807, 2.05) is 0 Å². The molecule has 0 aliphatic rings. The molecule has 0 bridgehead atoms. The topological polar surface area (TPSA) is 94.8 Å². The summed E-state index contributed by atoms with van der Waals surface area (Å²) in [5.41, 5.74) is -1.67. The third-order valence-corrected chi connectivity index (χ3v) is 4.23. The molecule has 1 aromatic heterocycles. The first-order chi connectivity index (χ1) is 16.5. The number of alkyl halides is 7. The summed E-state index contributed by atoms with van der Waals surface area (Å²) < 4.78 is 106. The number of ether oxygens (including phenoxy) is 2. The lowest BCUT2D eigenvalue weighted by molar-refractivity contribution is -0.364. The molecule has 0 fully saturated rings. The molecule has 8 nitrogen and oxygen atoms in total. The summed E-state index contributed by atoms with van der Waals surface area (Å²) in [6.07, 6.45) is -8.59. The van der Waals surface area contributed by atoms with Crippen LogP contribution in [0, 0.1) is 0 Å². The van der Waals surface area contributed by atoms with Crippen LogP contribution in [0.3, 0.4) is 0 Å². The van der Waals surface area contributed by atoms with Crippen LogP contribution in [0.1, 0.15) is 53.0 Å². The minimum Gasteiger partial charge on any atom is -0.443 e. The van der Waals surface area contributed by atoms with Gasteiger partial charge in [0.05, 0.1) is 6.54 Å². The van der Waals surface area contributed by atoms with Gasteiger partial charge in [-0.15, -0.1) is 0 Å². The Balaban J connectivity index is 2.29. The summed E-state index contributed by atoms with van der Waals surface area (Å²) in [6, 6.07) is 4.98. The van der Waals surface area contributed by atoms with Gasteiger partial charge in [0.2, 0.25) is 5.82 Å². The van der Waals surface area contributed by atoms with Crippen LogP contribution in [-0.2, 0) is 21.9 Å². The summed E-state index contributed by atoms with van der Waals surface area (Å²) in [7, 11) is 0. The third-order valence-electron chi connectivity index (χ3n) is 4.23. The Hall–Kier alpha value is -3.39. The van der Waals surface area contributed by atoms with Crippen molar-refractivity contribution < 1.29 is 54.3 Å². The first-order valence-electron chi connectivity index (χ1n) is 10.5. The average Bonchev–Trinajstić information content (AvgIpc) is 3.19. The van der Waals surface area contributed by atoms with Gasteiger partial charge in [-0.2, -0.15) is 35.7 Å². The van der Waals surface area contributed by atoms with Crippen molar-refractivity contribution in [1.29, 1.82) is 0 Å². The van der Waals surface area contributed by atoms with Crippen LogP contribution in [0.4, 0.5) is 40.3 Å². The van der Waals surface area contributed by atoms with Crippen LogP contribution in [0.2, 0.25) is 0 Å². The molecular weight excluding hydrogens is 519 g/mol. The van der Waals surface area contributed by atoms with Crippen molar-refractivity contribution >= 4 is 12.2 Å². The number of imide groups is 1. The monoisotopic (exact) mass is 543 g/mol. The lowest BCUT2D eigenvalue weighted by Gasteiger charge is -2.28. The van der Waals surface area contributed by atoms with E-state index < -0.39 is 53.1 Å². The van der Waals surface area contributed by atoms with E-state index in [-0.39, 0.29) is 12.1 Å². The van der Waals surface area contributed by atoms with Gasteiger partial charge in [0.15, 0.2) is 0 Å². The Bertz CT molecular complexity index is 1090. The van der Waals surface area contributed by atoms with Crippen LogP contribution in [0.5, 0.6) is 0 Å². The van der Waals surface area contributed by atoms with Crippen LogP contribution in [0.25, 0.3) is 11.4 Å². The number of benzene rings is 1. The Morgan fingerprint density at radius 1 is 0.838 bits per heavy atom. The Labute approximate surface area is 206 Å². The molecule has 2 amide bonds. The van der Waals surface area contributed by atoms with Crippen LogP contribution >= 0.6 is 0 Å². The van der Waals surface area contributed by atoms with E-state index in [2.05, 4.69) is 14.7 Å². The fraction of sp³-hybridized carbons (Fsp3) is 0.545. The highest BCUT2D eigenvalue weighted by Crippen LogP contribution is 2.51. The summed E-state index contributed by atoms with van der Waals surface area (Å²) in [5.74, 6) is -15.2. The van der Waals surface area contributed by atoms with Crippen molar-refractivity contribution in [3.05, 3.63) is 35.7 Å². The van der Waals surface area contributed by atoms with E-state index in [4.69, 9.17) is 9.47 Å². The van der Waals surface area contributed by atoms with Crippen molar-refractivity contribution in [2.45, 2.75) is 77.3 Å². The second-order valence-corrected chi connectivity index (χ2v) is 9.81. The molecule has 0 spiro atoms. The smallest absolute Gasteiger partial charge is 0.443 e. The molecule has 0 atom stereocenters. The highest BCUT2D eigenvalue weighted by atomic mass is 19.4. The van der Waals surface area contributed by atoms with Gasteiger partial charge in [-0.05, 0) is 47.1 Å². The lowest BCUT2D eigenvalue weighted by atomic mass is 10.1. The fourth-order valence-electron chi connectivity index (χ4n) is 2.56. The van der Waals surface area contributed by atoms with E-state index in [0.717, 1.165) is 0 Å². The molecule has 1 aromatic carbocycles. The number of halogens is 7. The van der Waals surface area contributed by atoms with Crippen molar-refractivity contribution in [1.82, 2.24) is 15.0 Å². The van der Waals surface area contributed by atoms with Gasteiger partial charge >= 0.3 is 36.1 Å². The van der Waals surface area contributed by atoms with Crippen molar-refractivity contribution in [3.63, 3.8) is 0 Å². The predicted octanol–water partition coefficient (Wildman–Crippen LogP) is 6.70. The van der Waals surface area contributed by atoms with Crippen LogP contribution in [-0.4, -0.2) is 50.5 Å². The molecule has 0 radical (unpaired) electrons. The summed E-state index contributed by atoms with van der Waals surface area (Å²) >= 11 is 0. The number of amides is 2. The van der Waals surface area contributed by atoms with Gasteiger partial charge in [0, 0.05) is 5.56 Å². The molecule has 2 rings (SSSR count). The maximum atomic E-state index is 13.8. The second-order valence-electron chi connectivity index (χ2n) is 9.81. The van der Waals surface area contributed by atoms with Crippen molar-refractivity contribution in [2.75, 3.05) is 0 Å². The van der Waals surface area contributed by atoms with Gasteiger partial charge in [-0.1, -0.05) is 29.4 Å². The van der Waals surface area contributed by atoms with Gasteiger partial charge in [-0.25, -0.2) is 14.5 Å². The summed E-state index contributed by atoms with van der Waals surface area (Å²) in [6.45, 7) is 9.15. The minimum absolute atomic E-state index is 0.0917. The zero-order valence-corrected chi connectivity index (χ0v) is 20.5. The zero-order chi connectivity index (χ0) is 28.6. The summed E-state index contributed by atoms with van der Waals surface area (Å²) in [5, 5.41) is 3.05. The van der Waals surface area contributed by atoms with Crippen LogP contribution in [0.15, 0.2) is 28.8 Å². The van der Waals surface area contributed by atoms with Crippen molar-refractivity contribution in [2.24, 2.45) is 0 Å². The molecule has 2 aromatic rings. The molecule has 0 unspecified atom stereocenters. The van der Waals surface area contributed by atoms with E-state index in [1.54, 1.807) is 41.5 Å². The molecule has 15 heteroatoms. The number of hydrogen-bond acceptors (Lipinski definition) is 7. The molecular formula is C22H24F7N3O5. The molecule has 37 heavy (non-hydrogen) atoms. The molecule has 0 N–H and O–H groups in total. The number of nitrogens with zero attached hydrogens (tertiary/aromatic N) is 3. The highest BCUT2D eigenvalue weighted by Gasteiger charge is 2.76. The molecule has 0 aliphatic carbocycles. The molecule has 0 saturated carbocycles. The zero-order valence-electron chi connectivity index (χ0n) is 20.5. The Morgan fingerprint density at radius 2 is 1.30 bits per heavy atom. The Kier molecular flexibility index (Phi) is 7.92. The quantitative estimate of drug-likeness (QED) is 0.388. The number of carbonyl (C=O) groups is 2. The second kappa shape index (κ2) is 9.82. The number of rotatable bonds is 5. The fourth-order valence-corrected chi connectivity index (χ4v) is 2.56. The number of hydrogen-bond donors (Lipinski definition) is 0. The number of carbonyl (C=O) groups excluding carboxylic acids is 2. The molecule has 1 heterocycles. The van der Waals surface area contributed by atoms with E-state index in [1.165, 1.54) is 24.3 Å². The largest absolute Gasteiger partial charge is 0.460 e. The maximum Gasteiger partial charge on any atom is 0.460 e. The lowest BCUT2D eigenvalue weighted by Crippen LogP contribution is -2.50. The normalized spacial score (nSPS) is 13.3. The van der Waals surface area contributed by atoms with Crippen molar-refractivity contribution in [3.8, 4) is 11.4 Å². The van der Waals surface area contributed by atoms with Gasteiger partial charge < -0.3 is 14.0 Å². The first kappa shape index (κ1) is 29.8. The van der Waals surface area contributed by atoms with Crippen LogP contribution < -0.4 is 0 Å². The van der Waals surface area contributed by atoms with E-state index >= 15 is 0 Å². The average molecular weight is 543 g/mol. The maximum absolute atomic E-state index is 13.8. The van der Waals surface area contributed by atoms with E-state index in [0.29, 0.717) is 10.5 Å². The molecule has 206 valence electrons. The van der Waals surface area contributed by atoms with E-state index in [9.17, 15) is 40.3 Å². The van der Waals surface area contributed by atoms with Gasteiger partial charge in [0.25, 0.3) is 0 Å². The Morgan fingerprint density at radius 3 is 1.70 bits per heavy atom.